The van der Waals surface area contributed by atoms with Crippen LogP contribution in [0, 0.1) is 0 Å². The fraction of sp³-hybridized carbons (Fsp3) is 0.444. The highest BCUT2D eigenvalue weighted by Crippen LogP contribution is 2.37. The summed E-state index contributed by atoms with van der Waals surface area (Å²) in [6.07, 6.45) is -15.4. The highest BCUT2D eigenvalue weighted by molar-refractivity contribution is 5.86. The van der Waals surface area contributed by atoms with Crippen LogP contribution < -0.4 is 10.2 Å². The number of benzene rings is 2. The second kappa shape index (κ2) is 11.6. The van der Waals surface area contributed by atoms with Crippen LogP contribution in [0.3, 0.4) is 0 Å². The van der Waals surface area contributed by atoms with E-state index in [1.54, 1.807) is 0 Å². The summed E-state index contributed by atoms with van der Waals surface area (Å²) in [5, 5.41) is 91.5. The molecule has 15 heteroatoms. The number of ether oxygens (including phenoxy) is 4. The molecule has 0 radical (unpaired) electrons. The molecule has 0 unspecified atom stereocenters. The summed E-state index contributed by atoms with van der Waals surface area (Å²) in [5.74, 6) is -1.56. The largest absolute Gasteiger partial charge is 0.508 e. The highest BCUT2D eigenvalue weighted by atomic mass is 16.8. The highest BCUT2D eigenvalue weighted by Gasteiger charge is 2.51. The Kier molecular flexibility index (Phi) is 8.30. The number of aliphatic hydroxyl groups excluding tert-OH is 6. The van der Waals surface area contributed by atoms with Crippen molar-refractivity contribution in [1.82, 2.24) is 0 Å². The SMILES string of the molecule is C[C@@H]1O[C@@H](O[C@H]2[C@H](Oc3ccc(-c4cc(=O)c5c(O)cc(O)cc5o4)cc3O)O[C@H](CO)[C@@H](O)[C@@H]2O)[C@H](O)[C@H](O)[C@H]1O. The zero-order chi connectivity index (χ0) is 30.5. The molecule has 9 N–H and O–H groups in total. The van der Waals surface area contributed by atoms with E-state index in [1.165, 1.54) is 25.1 Å². The smallest absolute Gasteiger partial charge is 0.229 e. The second-order valence-corrected chi connectivity index (χ2v) is 10.1. The van der Waals surface area contributed by atoms with Crippen LogP contribution in [0.1, 0.15) is 6.92 Å². The van der Waals surface area contributed by atoms with E-state index < -0.39 is 84.9 Å². The number of phenolic OH excluding ortho intramolecular Hbond substituents is 3. The van der Waals surface area contributed by atoms with Crippen molar-refractivity contribution in [1.29, 1.82) is 0 Å². The first-order valence-corrected chi connectivity index (χ1v) is 12.9. The maximum Gasteiger partial charge on any atom is 0.229 e. The molecular formula is C27H30O15. The number of hydrogen-bond acceptors (Lipinski definition) is 15. The third kappa shape index (κ3) is 5.49. The van der Waals surface area contributed by atoms with Gasteiger partial charge >= 0.3 is 0 Å². The maximum atomic E-state index is 12.6. The van der Waals surface area contributed by atoms with E-state index in [4.69, 9.17) is 23.4 Å². The molecule has 0 spiro atoms. The molecule has 0 amide bonds. The van der Waals surface area contributed by atoms with Crippen LogP contribution in [0.4, 0.5) is 0 Å². The van der Waals surface area contributed by atoms with Crippen LogP contribution in [0.5, 0.6) is 23.0 Å². The minimum absolute atomic E-state index is 0.0216. The van der Waals surface area contributed by atoms with Crippen molar-refractivity contribution < 1.29 is 69.3 Å². The summed E-state index contributed by atoms with van der Waals surface area (Å²) in [6.45, 7) is 0.684. The monoisotopic (exact) mass is 594 g/mol. The van der Waals surface area contributed by atoms with Crippen molar-refractivity contribution in [3.05, 3.63) is 46.6 Å². The molecule has 2 aromatic carbocycles. The molecular weight excluding hydrogens is 564 g/mol. The van der Waals surface area contributed by atoms with Gasteiger partial charge in [-0.25, -0.2) is 0 Å². The van der Waals surface area contributed by atoms with E-state index in [1.807, 2.05) is 0 Å². The van der Waals surface area contributed by atoms with Gasteiger partial charge in [-0.05, 0) is 25.1 Å². The zero-order valence-electron chi connectivity index (χ0n) is 21.9. The summed E-state index contributed by atoms with van der Waals surface area (Å²) in [6, 6.07) is 7.03. The summed E-state index contributed by atoms with van der Waals surface area (Å²) >= 11 is 0. The van der Waals surface area contributed by atoms with Gasteiger partial charge in [0.2, 0.25) is 6.29 Å². The first-order valence-electron chi connectivity index (χ1n) is 12.9. The number of aromatic hydroxyl groups is 3. The van der Waals surface area contributed by atoms with Gasteiger partial charge in [-0.3, -0.25) is 4.79 Å². The molecule has 0 bridgehead atoms. The normalized spacial score (nSPS) is 33.5. The quantitative estimate of drug-likeness (QED) is 0.159. The number of rotatable bonds is 6. The fourth-order valence-electron chi connectivity index (χ4n) is 4.87. The lowest BCUT2D eigenvalue weighted by atomic mass is 9.97. The van der Waals surface area contributed by atoms with Crippen molar-refractivity contribution in [3.63, 3.8) is 0 Å². The lowest BCUT2D eigenvalue weighted by Crippen LogP contribution is -2.64. The van der Waals surface area contributed by atoms with Gasteiger partial charge in [0.15, 0.2) is 29.3 Å². The molecule has 1 aromatic heterocycles. The molecule has 0 aliphatic carbocycles. The third-order valence-electron chi connectivity index (χ3n) is 7.21. The van der Waals surface area contributed by atoms with E-state index in [-0.39, 0.29) is 33.8 Å². The van der Waals surface area contributed by atoms with Gasteiger partial charge in [-0.1, -0.05) is 0 Å². The molecule has 228 valence electrons. The Morgan fingerprint density at radius 2 is 1.55 bits per heavy atom. The van der Waals surface area contributed by atoms with Crippen molar-refractivity contribution in [2.45, 2.75) is 68.3 Å². The molecule has 3 heterocycles. The summed E-state index contributed by atoms with van der Waals surface area (Å²) < 4.78 is 28.0. The van der Waals surface area contributed by atoms with E-state index in [9.17, 15) is 50.8 Å². The van der Waals surface area contributed by atoms with Crippen LogP contribution in [0.15, 0.2) is 45.6 Å². The van der Waals surface area contributed by atoms with E-state index in [0.717, 1.165) is 18.2 Å². The molecule has 2 saturated heterocycles. The average molecular weight is 595 g/mol. The van der Waals surface area contributed by atoms with Gasteiger partial charge in [-0.15, -0.1) is 0 Å². The molecule has 2 aliphatic heterocycles. The van der Waals surface area contributed by atoms with Crippen molar-refractivity contribution in [2.75, 3.05) is 6.61 Å². The predicted molar refractivity (Wildman–Crippen MR) is 139 cm³/mol. The maximum absolute atomic E-state index is 12.6. The Hall–Kier alpha value is -3.51. The zero-order valence-corrected chi connectivity index (χ0v) is 21.9. The Morgan fingerprint density at radius 1 is 0.810 bits per heavy atom. The van der Waals surface area contributed by atoms with Gasteiger partial charge in [0.1, 0.15) is 64.9 Å². The van der Waals surface area contributed by atoms with Crippen LogP contribution in [-0.2, 0) is 14.2 Å². The Bertz CT molecular complexity index is 1490. The molecule has 42 heavy (non-hydrogen) atoms. The van der Waals surface area contributed by atoms with Crippen molar-refractivity contribution in [2.24, 2.45) is 0 Å². The average Bonchev–Trinajstić information content (AvgIpc) is 2.94. The number of phenols is 3. The van der Waals surface area contributed by atoms with Crippen molar-refractivity contribution in [3.8, 4) is 34.3 Å². The van der Waals surface area contributed by atoms with Gasteiger partial charge in [0.25, 0.3) is 0 Å². The minimum atomic E-state index is -1.77. The van der Waals surface area contributed by atoms with Gasteiger partial charge in [0, 0.05) is 23.8 Å². The molecule has 3 aromatic rings. The van der Waals surface area contributed by atoms with Crippen LogP contribution in [0.2, 0.25) is 0 Å². The molecule has 10 atom stereocenters. The van der Waals surface area contributed by atoms with Crippen LogP contribution in [0.25, 0.3) is 22.3 Å². The lowest BCUT2D eigenvalue weighted by molar-refractivity contribution is -0.354. The summed E-state index contributed by atoms with van der Waals surface area (Å²) in [7, 11) is 0. The van der Waals surface area contributed by atoms with Gasteiger partial charge in [-0.2, -0.15) is 0 Å². The second-order valence-electron chi connectivity index (χ2n) is 10.1. The Morgan fingerprint density at radius 3 is 2.24 bits per heavy atom. The van der Waals surface area contributed by atoms with Crippen LogP contribution in [-0.4, -0.2) is 114 Å². The van der Waals surface area contributed by atoms with E-state index in [2.05, 4.69) is 0 Å². The van der Waals surface area contributed by atoms with Crippen molar-refractivity contribution >= 4 is 11.0 Å². The number of hydrogen-bond donors (Lipinski definition) is 9. The summed E-state index contributed by atoms with van der Waals surface area (Å²) in [4.78, 5) is 12.6. The molecule has 2 fully saturated rings. The third-order valence-corrected chi connectivity index (χ3v) is 7.21. The first-order chi connectivity index (χ1) is 19.9. The lowest BCUT2D eigenvalue weighted by Gasteiger charge is -2.45. The predicted octanol–water partition coefficient (Wildman–Crippen LogP) is -1.39. The Labute approximate surface area is 236 Å². The number of aliphatic hydroxyl groups is 6. The summed E-state index contributed by atoms with van der Waals surface area (Å²) in [5.41, 5.74) is -0.518. The molecule has 2 aliphatic rings. The standard InChI is InChI=1S/C27H30O15/c1-9-20(33)22(35)24(37)26(38-9)42-25-23(36)21(34)18(8-28)41-27(25)40-15-3-2-10(4-12(15)30)16-7-14(32)19-13(31)5-11(29)6-17(19)39-16/h2-7,9,18,20-31,33-37H,8H2,1H3/t9-,18+,20-,21+,22+,23-,24+,25+,26-,27+/m0/s1. The topological polar surface area (TPSA) is 249 Å². The Balaban J connectivity index is 1.42. The molecule has 15 nitrogen and oxygen atoms in total. The fourth-order valence-corrected chi connectivity index (χ4v) is 4.87. The van der Waals surface area contributed by atoms with Gasteiger partial charge < -0.3 is 69.3 Å². The van der Waals surface area contributed by atoms with Gasteiger partial charge in [0.05, 0.1) is 12.7 Å². The van der Waals surface area contributed by atoms with E-state index in [0.29, 0.717) is 0 Å². The van der Waals surface area contributed by atoms with Crippen LogP contribution >= 0.6 is 0 Å². The minimum Gasteiger partial charge on any atom is -0.508 e. The molecule has 5 rings (SSSR count). The molecule has 0 saturated carbocycles. The first kappa shape index (κ1) is 30.0. The van der Waals surface area contributed by atoms with E-state index >= 15 is 0 Å². The number of fused-ring (bicyclic) bond motifs is 1.